The van der Waals surface area contributed by atoms with Gasteiger partial charge in [-0.05, 0) is 12.5 Å². The van der Waals surface area contributed by atoms with Crippen molar-refractivity contribution in [2.24, 2.45) is 0 Å². The molecule has 0 aliphatic carbocycles. The van der Waals surface area contributed by atoms with Crippen molar-refractivity contribution in [3.63, 3.8) is 0 Å². The van der Waals surface area contributed by atoms with Crippen molar-refractivity contribution in [3.05, 3.63) is 53.1 Å². The van der Waals surface area contributed by atoms with E-state index in [2.05, 4.69) is 9.97 Å². The van der Waals surface area contributed by atoms with Gasteiger partial charge in [-0.3, -0.25) is 0 Å². The maximum Gasteiger partial charge on any atom is 0.339 e. The molecule has 1 atom stereocenters. The molecule has 5 nitrogen and oxygen atoms in total. The Morgan fingerprint density at radius 1 is 1.43 bits per heavy atom. The number of carbonyl (C=O) groups is 1. The summed E-state index contributed by atoms with van der Waals surface area (Å²) in [5, 5.41) is 9.20. The van der Waals surface area contributed by atoms with Crippen LogP contribution in [0.25, 0.3) is 0 Å². The molecule has 1 N–H and O–H groups in total. The predicted octanol–water partition coefficient (Wildman–Crippen LogP) is 2.65. The number of benzene rings is 1. The Morgan fingerprint density at radius 2 is 2.24 bits per heavy atom. The minimum absolute atomic E-state index is 0.0281. The van der Waals surface area contributed by atoms with Gasteiger partial charge in [-0.15, -0.1) is 0 Å². The first-order valence-electron chi connectivity index (χ1n) is 7.01. The van der Waals surface area contributed by atoms with Gasteiger partial charge >= 0.3 is 5.97 Å². The fraction of sp³-hybridized carbons (Fsp3) is 0.312. The van der Waals surface area contributed by atoms with E-state index in [-0.39, 0.29) is 11.5 Å². The third-order valence-electron chi connectivity index (χ3n) is 3.62. The van der Waals surface area contributed by atoms with Gasteiger partial charge in [0.2, 0.25) is 0 Å². The lowest BCUT2D eigenvalue weighted by Crippen LogP contribution is -2.13. The van der Waals surface area contributed by atoms with Crippen molar-refractivity contribution in [1.29, 1.82) is 0 Å². The quantitative estimate of drug-likeness (QED) is 0.934. The number of nitrogens with zero attached hydrogens (tertiary/aromatic N) is 2. The lowest BCUT2D eigenvalue weighted by molar-refractivity contribution is 0.0694. The number of hydrogen-bond acceptors (Lipinski definition) is 4. The smallest absolute Gasteiger partial charge is 0.339 e. The summed E-state index contributed by atoms with van der Waals surface area (Å²) in [7, 11) is 0. The fourth-order valence-corrected chi connectivity index (χ4v) is 2.58. The highest BCUT2D eigenvalue weighted by Crippen LogP contribution is 2.36. The summed E-state index contributed by atoms with van der Waals surface area (Å²) < 4.78 is 5.65. The number of ether oxygens (including phenoxy) is 1. The average Bonchev–Trinajstić information content (AvgIpc) is 2.91. The van der Waals surface area contributed by atoms with Crippen LogP contribution in [0, 0.1) is 0 Å². The van der Waals surface area contributed by atoms with Crippen LogP contribution >= 0.6 is 0 Å². The molecule has 0 saturated heterocycles. The number of aromatic carboxylic acids is 1. The molecular formula is C16H16N2O3. The topological polar surface area (TPSA) is 72.3 Å². The van der Waals surface area contributed by atoms with E-state index in [1.807, 2.05) is 31.2 Å². The van der Waals surface area contributed by atoms with E-state index in [9.17, 15) is 9.90 Å². The Kier molecular flexibility index (Phi) is 3.56. The average molecular weight is 284 g/mol. The molecule has 5 heteroatoms. The van der Waals surface area contributed by atoms with Crippen LogP contribution in [0.15, 0.2) is 30.5 Å². The standard InChI is InChI=1S/C16H16N2O3/c1-2-5-13-11(16(19)20)8-17-15(18-13)12-9-21-14-7-4-3-6-10(12)14/h3-4,6-8,12H,2,5,9H2,1H3,(H,19,20). The molecule has 108 valence electrons. The SMILES string of the molecule is CCCc1nc(C2COc3ccccc32)ncc1C(=O)O. The second-order valence-corrected chi connectivity index (χ2v) is 5.05. The highest BCUT2D eigenvalue weighted by atomic mass is 16.5. The van der Waals surface area contributed by atoms with Gasteiger partial charge in [0.15, 0.2) is 0 Å². The minimum atomic E-state index is -0.979. The molecule has 2 heterocycles. The molecule has 0 fully saturated rings. The Hall–Kier alpha value is -2.43. The van der Waals surface area contributed by atoms with Gasteiger partial charge in [0.05, 0.1) is 17.2 Å². The Labute approximate surface area is 122 Å². The van der Waals surface area contributed by atoms with Crippen molar-refractivity contribution >= 4 is 5.97 Å². The van der Waals surface area contributed by atoms with Crippen LogP contribution < -0.4 is 4.74 Å². The third-order valence-corrected chi connectivity index (χ3v) is 3.62. The van der Waals surface area contributed by atoms with Crippen LogP contribution in [0.1, 0.15) is 46.7 Å². The molecule has 0 bridgehead atoms. The number of carboxylic acid groups (broad SMARTS) is 1. The van der Waals surface area contributed by atoms with Crippen molar-refractivity contribution in [1.82, 2.24) is 9.97 Å². The summed E-state index contributed by atoms with van der Waals surface area (Å²) in [5.74, 6) is 0.478. The molecule has 3 rings (SSSR count). The van der Waals surface area contributed by atoms with Crippen molar-refractivity contribution < 1.29 is 14.6 Å². The summed E-state index contributed by atoms with van der Waals surface area (Å²) in [6.45, 7) is 2.50. The van der Waals surface area contributed by atoms with E-state index in [0.717, 1.165) is 17.7 Å². The summed E-state index contributed by atoms with van der Waals surface area (Å²) in [4.78, 5) is 20.0. The van der Waals surface area contributed by atoms with E-state index in [4.69, 9.17) is 4.74 Å². The Morgan fingerprint density at radius 3 is 3.00 bits per heavy atom. The second kappa shape index (κ2) is 5.52. The van der Waals surface area contributed by atoms with Crippen LogP contribution in [0.2, 0.25) is 0 Å². The van der Waals surface area contributed by atoms with E-state index in [0.29, 0.717) is 24.5 Å². The van der Waals surface area contributed by atoms with Gasteiger partial charge < -0.3 is 9.84 Å². The fourth-order valence-electron chi connectivity index (χ4n) is 2.58. The van der Waals surface area contributed by atoms with Crippen molar-refractivity contribution in [2.45, 2.75) is 25.7 Å². The maximum absolute atomic E-state index is 11.2. The van der Waals surface area contributed by atoms with Gasteiger partial charge in [0, 0.05) is 11.8 Å². The number of carboxylic acids is 1. The largest absolute Gasteiger partial charge is 0.492 e. The lowest BCUT2D eigenvalue weighted by atomic mass is 10.00. The normalized spacial score (nSPS) is 16.3. The van der Waals surface area contributed by atoms with E-state index >= 15 is 0 Å². The summed E-state index contributed by atoms with van der Waals surface area (Å²) in [6.07, 6.45) is 2.89. The molecule has 0 saturated carbocycles. The lowest BCUT2D eigenvalue weighted by Gasteiger charge is -2.10. The van der Waals surface area contributed by atoms with Crippen LogP contribution in [-0.2, 0) is 6.42 Å². The number of aromatic nitrogens is 2. The zero-order chi connectivity index (χ0) is 14.8. The Bertz CT molecular complexity index is 685. The summed E-state index contributed by atoms with van der Waals surface area (Å²) in [6, 6.07) is 7.81. The summed E-state index contributed by atoms with van der Waals surface area (Å²) in [5.41, 5.74) is 1.84. The van der Waals surface area contributed by atoms with E-state index < -0.39 is 5.97 Å². The molecule has 0 radical (unpaired) electrons. The molecule has 1 aliphatic rings. The highest BCUT2D eigenvalue weighted by molar-refractivity contribution is 5.88. The first-order chi connectivity index (χ1) is 10.2. The maximum atomic E-state index is 11.2. The predicted molar refractivity (Wildman–Crippen MR) is 76.8 cm³/mol. The van der Waals surface area contributed by atoms with Gasteiger partial charge in [0.25, 0.3) is 0 Å². The zero-order valence-corrected chi connectivity index (χ0v) is 11.7. The monoisotopic (exact) mass is 284 g/mol. The first-order valence-corrected chi connectivity index (χ1v) is 7.01. The molecule has 1 aromatic heterocycles. The van der Waals surface area contributed by atoms with Crippen LogP contribution in [0.4, 0.5) is 0 Å². The summed E-state index contributed by atoms with van der Waals surface area (Å²) >= 11 is 0. The molecule has 2 aromatic rings. The highest BCUT2D eigenvalue weighted by Gasteiger charge is 2.28. The second-order valence-electron chi connectivity index (χ2n) is 5.05. The number of fused-ring (bicyclic) bond motifs is 1. The molecule has 21 heavy (non-hydrogen) atoms. The van der Waals surface area contributed by atoms with Crippen LogP contribution in [0.3, 0.4) is 0 Å². The minimum Gasteiger partial charge on any atom is -0.492 e. The zero-order valence-electron chi connectivity index (χ0n) is 11.7. The molecule has 1 unspecified atom stereocenters. The van der Waals surface area contributed by atoms with Crippen LogP contribution in [-0.4, -0.2) is 27.7 Å². The molecule has 1 aromatic carbocycles. The van der Waals surface area contributed by atoms with Crippen molar-refractivity contribution in [2.75, 3.05) is 6.61 Å². The van der Waals surface area contributed by atoms with Gasteiger partial charge in [-0.25, -0.2) is 14.8 Å². The van der Waals surface area contributed by atoms with E-state index in [1.54, 1.807) is 0 Å². The first kappa shape index (κ1) is 13.5. The van der Waals surface area contributed by atoms with Gasteiger partial charge in [0.1, 0.15) is 18.2 Å². The number of para-hydroxylation sites is 1. The number of rotatable bonds is 4. The Balaban J connectivity index is 2.00. The number of aryl methyl sites for hydroxylation is 1. The molecular weight excluding hydrogens is 268 g/mol. The van der Waals surface area contributed by atoms with E-state index in [1.165, 1.54) is 6.20 Å². The molecule has 0 spiro atoms. The van der Waals surface area contributed by atoms with Gasteiger partial charge in [-0.1, -0.05) is 31.5 Å². The van der Waals surface area contributed by atoms with Crippen molar-refractivity contribution in [3.8, 4) is 5.75 Å². The molecule has 1 aliphatic heterocycles. The molecule has 0 amide bonds. The van der Waals surface area contributed by atoms with Crippen LogP contribution in [0.5, 0.6) is 5.75 Å². The number of hydrogen-bond donors (Lipinski definition) is 1. The third kappa shape index (κ3) is 2.46. The van der Waals surface area contributed by atoms with Gasteiger partial charge in [-0.2, -0.15) is 0 Å².